The molecule has 0 spiro atoms. The van der Waals surface area contributed by atoms with Gasteiger partial charge in [-0.3, -0.25) is 14.4 Å². The zero-order valence-electron chi connectivity index (χ0n) is 16.0. The number of thioether (sulfide) groups is 1. The van der Waals surface area contributed by atoms with E-state index in [4.69, 9.17) is 0 Å². The van der Waals surface area contributed by atoms with Crippen molar-refractivity contribution in [1.29, 1.82) is 0 Å². The van der Waals surface area contributed by atoms with E-state index in [1.165, 1.54) is 18.2 Å². The van der Waals surface area contributed by atoms with Crippen LogP contribution in [0.15, 0.2) is 24.3 Å². The maximum Gasteiger partial charge on any atom is 0.239 e. The average Bonchev–Trinajstić information content (AvgIpc) is 2.66. The van der Waals surface area contributed by atoms with Crippen molar-refractivity contribution >= 4 is 35.2 Å². The van der Waals surface area contributed by atoms with Gasteiger partial charge in [-0.05, 0) is 38.8 Å². The summed E-state index contributed by atoms with van der Waals surface area (Å²) in [6, 6.07) is 7.78. The molecular formula is C20H29N3O3S. The smallest absolute Gasteiger partial charge is 0.239 e. The third-order valence-electron chi connectivity index (χ3n) is 4.56. The summed E-state index contributed by atoms with van der Waals surface area (Å²) in [4.78, 5) is 36.0. The molecule has 27 heavy (non-hydrogen) atoms. The Bertz CT molecular complexity index is 642. The lowest BCUT2D eigenvalue weighted by Gasteiger charge is -2.23. The van der Waals surface area contributed by atoms with Gasteiger partial charge in [0.15, 0.2) is 0 Å². The first kappa shape index (κ1) is 21.3. The Hall–Kier alpha value is -2.02. The zero-order valence-corrected chi connectivity index (χ0v) is 16.9. The van der Waals surface area contributed by atoms with Crippen LogP contribution < -0.4 is 16.0 Å². The minimum atomic E-state index is -0.406. The van der Waals surface area contributed by atoms with E-state index in [9.17, 15) is 14.4 Å². The zero-order chi connectivity index (χ0) is 19.6. The van der Waals surface area contributed by atoms with Crippen LogP contribution in [0.4, 0.5) is 5.69 Å². The van der Waals surface area contributed by atoms with E-state index in [0.29, 0.717) is 0 Å². The highest BCUT2D eigenvalue weighted by Gasteiger charge is 2.18. The number of rotatable bonds is 8. The van der Waals surface area contributed by atoms with Crippen LogP contribution in [-0.2, 0) is 14.4 Å². The molecule has 0 aliphatic heterocycles. The lowest BCUT2D eigenvalue weighted by Crippen LogP contribution is -2.44. The predicted molar refractivity (Wildman–Crippen MR) is 110 cm³/mol. The highest BCUT2D eigenvalue weighted by atomic mass is 32.2. The standard InChI is InChI=1S/C20H29N3O3S/c1-14-8-10-17(11-9-14)23-19(25)13-27-15(2)20(26)21-12-18(24)22-16-6-4-3-5-7-16/h8-11,15-16H,3-7,12-13H2,1-2H3,(H,21,26)(H,22,24)(H,23,25). The molecule has 1 aliphatic rings. The number of nitrogens with one attached hydrogen (secondary N) is 3. The van der Waals surface area contributed by atoms with Crippen molar-refractivity contribution in [3.63, 3.8) is 0 Å². The van der Waals surface area contributed by atoms with Gasteiger partial charge in [-0.1, -0.05) is 37.0 Å². The van der Waals surface area contributed by atoms with Gasteiger partial charge in [0.1, 0.15) is 0 Å². The fraction of sp³-hybridized carbons (Fsp3) is 0.550. The van der Waals surface area contributed by atoms with Crippen molar-refractivity contribution in [3.8, 4) is 0 Å². The van der Waals surface area contributed by atoms with Crippen LogP contribution in [0.5, 0.6) is 0 Å². The SMILES string of the molecule is Cc1ccc(NC(=O)CSC(C)C(=O)NCC(=O)NC2CCCCC2)cc1. The van der Waals surface area contributed by atoms with Crippen LogP contribution in [0.2, 0.25) is 0 Å². The van der Waals surface area contributed by atoms with Crippen LogP contribution in [0.3, 0.4) is 0 Å². The van der Waals surface area contributed by atoms with Crippen LogP contribution in [0, 0.1) is 6.92 Å². The van der Waals surface area contributed by atoms with E-state index in [1.807, 2.05) is 31.2 Å². The molecule has 0 saturated heterocycles. The Morgan fingerprint density at radius 2 is 1.74 bits per heavy atom. The van der Waals surface area contributed by atoms with E-state index >= 15 is 0 Å². The molecule has 3 N–H and O–H groups in total. The first-order valence-corrected chi connectivity index (χ1v) is 10.5. The van der Waals surface area contributed by atoms with Gasteiger partial charge in [-0.25, -0.2) is 0 Å². The van der Waals surface area contributed by atoms with Crippen molar-refractivity contribution in [3.05, 3.63) is 29.8 Å². The Morgan fingerprint density at radius 1 is 1.07 bits per heavy atom. The van der Waals surface area contributed by atoms with Crippen molar-refractivity contribution in [2.45, 2.75) is 57.2 Å². The molecule has 3 amide bonds. The number of hydrogen-bond acceptors (Lipinski definition) is 4. The molecule has 7 heteroatoms. The highest BCUT2D eigenvalue weighted by molar-refractivity contribution is 8.01. The predicted octanol–water partition coefficient (Wildman–Crippen LogP) is 2.62. The molecule has 0 aromatic heterocycles. The van der Waals surface area contributed by atoms with Crippen molar-refractivity contribution in [2.75, 3.05) is 17.6 Å². The van der Waals surface area contributed by atoms with E-state index < -0.39 is 5.25 Å². The van der Waals surface area contributed by atoms with Crippen molar-refractivity contribution in [2.24, 2.45) is 0 Å². The maximum absolute atomic E-state index is 12.1. The second kappa shape index (κ2) is 11.0. The second-order valence-corrected chi connectivity index (χ2v) is 8.32. The molecule has 6 nitrogen and oxygen atoms in total. The van der Waals surface area contributed by atoms with E-state index in [-0.39, 0.29) is 36.1 Å². The van der Waals surface area contributed by atoms with E-state index in [2.05, 4.69) is 16.0 Å². The summed E-state index contributed by atoms with van der Waals surface area (Å²) in [5.41, 5.74) is 1.86. The fourth-order valence-electron chi connectivity index (χ4n) is 2.95. The van der Waals surface area contributed by atoms with Gasteiger partial charge in [0, 0.05) is 11.7 Å². The van der Waals surface area contributed by atoms with Crippen molar-refractivity contribution in [1.82, 2.24) is 10.6 Å². The minimum Gasteiger partial charge on any atom is -0.352 e. The number of hydrogen-bond donors (Lipinski definition) is 3. The third kappa shape index (κ3) is 8.03. The first-order valence-electron chi connectivity index (χ1n) is 9.49. The van der Waals surface area contributed by atoms with Crippen LogP contribution >= 0.6 is 11.8 Å². The number of benzene rings is 1. The third-order valence-corrected chi connectivity index (χ3v) is 5.71. The Labute approximate surface area is 165 Å². The molecule has 1 saturated carbocycles. The lowest BCUT2D eigenvalue weighted by molar-refractivity contribution is -0.126. The Kier molecular flexibility index (Phi) is 8.64. The topological polar surface area (TPSA) is 87.3 Å². The molecule has 1 unspecified atom stereocenters. The molecule has 1 aromatic rings. The number of carbonyl (C=O) groups is 3. The summed E-state index contributed by atoms with van der Waals surface area (Å²) < 4.78 is 0. The summed E-state index contributed by atoms with van der Waals surface area (Å²) in [5, 5.41) is 8.02. The van der Waals surface area contributed by atoms with Gasteiger partial charge in [-0.15, -0.1) is 11.8 Å². The monoisotopic (exact) mass is 391 g/mol. The van der Waals surface area contributed by atoms with Crippen LogP contribution in [0.25, 0.3) is 0 Å². The molecule has 0 radical (unpaired) electrons. The van der Waals surface area contributed by atoms with Gasteiger partial charge in [0.05, 0.1) is 17.5 Å². The van der Waals surface area contributed by atoms with Crippen LogP contribution in [-0.4, -0.2) is 41.3 Å². The van der Waals surface area contributed by atoms with Gasteiger partial charge in [0.25, 0.3) is 0 Å². The molecule has 1 fully saturated rings. The second-order valence-electron chi connectivity index (χ2n) is 6.99. The highest BCUT2D eigenvalue weighted by Crippen LogP contribution is 2.17. The number of aryl methyl sites for hydroxylation is 1. The van der Waals surface area contributed by atoms with E-state index in [1.54, 1.807) is 6.92 Å². The molecule has 1 atom stereocenters. The summed E-state index contributed by atoms with van der Waals surface area (Å²) in [6.07, 6.45) is 5.56. The molecule has 148 valence electrons. The Morgan fingerprint density at radius 3 is 2.41 bits per heavy atom. The quantitative estimate of drug-likeness (QED) is 0.636. The van der Waals surface area contributed by atoms with Crippen molar-refractivity contribution < 1.29 is 14.4 Å². The van der Waals surface area contributed by atoms with Gasteiger partial charge in [0.2, 0.25) is 17.7 Å². The van der Waals surface area contributed by atoms with E-state index in [0.717, 1.165) is 36.9 Å². The maximum atomic E-state index is 12.1. The minimum absolute atomic E-state index is 0.0181. The summed E-state index contributed by atoms with van der Waals surface area (Å²) in [7, 11) is 0. The average molecular weight is 392 g/mol. The summed E-state index contributed by atoms with van der Waals surface area (Å²) in [5.74, 6) is -0.360. The fourth-order valence-corrected chi connectivity index (χ4v) is 3.66. The first-order chi connectivity index (χ1) is 12.9. The molecule has 2 rings (SSSR count). The number of anilines is 1. The lowest BCUT2D eigenvalue weighted by atomic mass is 9.95. The number of amides is 3. The van der Waals surface area contributed by atoms with Gasteiger partial charge in [-0.2, -0.15) is 0 Å². The number of carbonyl (C=O) groups excluding carboxylic acids is 3. The summed E-state index contributed by atoms with van der Waals surface area (Å²) >= 11 is 1.25. The molecule has 0 bridgehead atoms. The largest absolute Gasteiger partial charge is 0.352 e. The molecule has 1 aromatic carbocycles. The van der Waals surface area contributed by atoms with Gasteiger partial charge < -0.3 is 16.0 Å². The molecular weight excluding hydrogens is 362 g/mol. The summed E-state index contributed by atoms with van der Waals surface area (Å²) in [6.45, 7) is 3.70. The van der Waals surface area contributed by atoms with Gasteiger partial charge >= 0.3 is 0 Å². The normalized spacial score (nSPS) is 15.6. The Balaban J connectivity index is 1.63. The molecule has 1 aliphatic carbocycles. The molecule has 0 heterocycles. The van der Waals surface area contributed by atoms with Crippen LogP contribution in [0.1, 0.15) is 44.6 Å².